The van der Waals surface area contributed by atoms with E-state index >= 15 is 0 Å². The molecule has 0 aromatic heterocycles. The molecule has 1 aromatic carbocycles. The number of hydrogen-bond donors (Lipinski definition) is 1. The molecule has 0 saturated heterocycles. The van der Waals surface area contributed by atoms with Crippen LogP contribution in [0.3, 0.4) is 0 Å². The zero-order chi connectivity index (χ0) is 14.3. The SMILES string of the molecule is COC(CNS(=O)(=O)CC(=O)c1ccccc1)OC. The monoisotopic (exact) mass is 287 g/mol. The zero-order valence-corrected chi connectivity index (χ0v) is 11.6. The number of Topliss-reactive ketones (excluding diaryl/α,β-unsaturated/α-hetero) is 1. The third-order valence-corrected chi connectivity index (χ3v) is 3.66. The standard InChI is InChI=1S/C12H17NO5S/c1-17-12(18-2)8-13-19(15,16)9-11(14)10-6-4-3-5-7-10/h3-7,12-13H,8-9H2,1-2H3. The van der Waals surface area contributed by atoms with Gasteiger partial charge in [0.25, 0.3) is 0 Å². The van der Waals surface area contributed by atoms with Gasteiger partial charge < -0.3 is 9.47 Å². The third-order valence-electron chi connectivity index (χ3n) is 2.41. The number of nitrogens with one attached hydrogen (secondary N) is 1. The molecule has 0 atom stereocenters. The van der Waals surface area contributed by atoms with E-state index in [0.29, 0.717) is 5.56 Å². The zero-order valence-electron chi connectivity index (χ0n) is 10.8. The lowest BCUT2D eigenvalue weighted by molar-refractivity contribution is -0.0960. The Balaban J connectivity index is 2.58. The van der Waals surface area contributed by atoms with Crippen LogP contribution in [0.2, 0.25) is 0 Å². The molecule has 19 heavy (non-hydrogen) atoms. The molecular weight excluding hydrogens is 270 g/mol. The van der Waals surface area contributed by atoms with Gasteiger partial charge in [-0.05, 0) is 0 Å². The van der Waals surface area contributed by atoms with Crippen LogP contribution in [0.5, 0.6) is 0 Å². The van der Waals surface area contributed by atoms with Crippen molar-refractivity contribution in [2.24, 2.45) is 0 Å². The summed E-state index contributed by atoms with van der Waals surface area (Å²) in [5, 5.41) is 0. The summed E-state index contributed by atoms with van der Waals surface area (Å²) in [5.41, 5.74) is 0.364. The number of ether oxygens (including phenoxy) is 2. The number of carbonyl (C=O) groups is 1. The van der Waals surface area contributed by atoms with Crippen LogP contribution in [-0.4, -0.2) is 47.0 Å². The summed E-state index contributed by atoms with van der Waals surface area (Å²) in [6.45, 7) is -0.0442. The van der Waals surface area contributed by atoms with Crippen molar-refractivity contribution < 1.29 is 22.7 Å². The Morgan fingerprint density at radius 1 is 1.21 bits per heavy atom. The fourth-order valence-electron chi connectivity index (χ4n) is 1.39. The van der Waals surface area contributed by atoms with Gasteiger partial charge in [-0.2, -0.15) is 0 Å². The van der Waals surface area contributed by atoms with Crippen molar-refractivity contribution in [1.82, 2.24) is 4.72 Å². The average Bonchev–Trinajstić information content (AvgIpc) is 2.40. The molecule has 0 aliphatic carbocycles. The van der Waals surface area contributed by atoms with Crippen LogP contribution in [0.4, 0.5) is 0 Å². The van der Waals surface area contributed by atoms with E-state index in [2.05, 4.69) is 4.72 Å². The molecule has 1 aromatic rings. The second kappa shape index (κ2) is 7.34. The number of ketones is 1. The van der Waals surface area contributed by atoms with Crippen LogP contribution < -0.4 is 4.72 Å². The Labute approximate surface area is 112 Å². The molecule has 106 valence electrons. The first-order chi connectivity index (χ1) is 8.98. The molecule has 1 N–H and O–H groups in total. The van der Waals surface area contributed by atoms with Crippen molar-refractivity contribution in [3.05, 3.63) is 35.9 Å². The first-order valence-corrected chi connectivity index (χ1v) is 7.25. The Hall–Kier alpha value is -1.28. The lowest BCUT2D eigenvalue weighted by Gasteiger charge is -2.14. The van der Waals surface area contributed by atoms with Crippen LogP contribution >= 0.6 is 0 Å². The maximum atomic E-state index is 11.8. The molecule has 0 aliphatic heterocycles. The number of hydrogen-bond acceptors (Lipinski definition) is 5. The van der Waals surface area contributed by atoms with E-state index in [4.69, 9.17) is 9.47 Å². The highest BCUT2D eigenvalue weighted by atomic mass is 32.2. The van der Waals surface area contributed by atoms with Gasteiger partial charge in [0.2, 0.25) is 10.0 Å². The van der Waals surface area contributed by atoms with Gasteiger partial charge in [-0.25, -0.2) is 13.1 Å². The number of rotatable bonds is 8. The number of sulfonamides is 1. The predicted octanol–water partition coefficient (Wildman–Crippen LogP) is 0.408. The summed E-state index contributed by atoms with van der Waals surface area (Å²) in [7, 11) is -0.903. The summed E-state index contributed by atoms with van der Waals surface area (Å²) >= 11 is 0. The lowest BCUT2D eigenvalue weighted by Crippen LogP contribution is -2.37. The molecule has 0 unspecified atom stereocenters. The minimum atomic E-state index is -3.70. The molecule has 0 spiro atoms. The van der Waals surface area contributed by atoms with Crippen molar-refractivity contribution in [3.8, 4) is 0 Å². The van der Waals surface area contributed by atoms with Crippen molar-refractivity contribution in [2.75, 3.05) is 26.5 Å². The second-order valence-electron chi connectivity index (χ2n) is 3.80. The highest BCUT2D eigenvalue weighted by Crippen LogP contribution is 2.02. The van der Waals surface area contributed by atoms with E-state index in [0.717, 1.165) is 0 Å². The first kappa shape index (κ1) is 15.8. The van der Waals surface area contributed by atoms with E-state index in [1.807, 2.05) is 0 Å². The molecule has 6 nitrogen and oxygen atoms in total. The fourth-order valence-corrected chi connectivity index (χ4v) is 2.39. The van der Waals surface area contributed by atoms with Crippen LogP contribution in [-0.2, 0) is 19.5 Å². The first-order valence-electron chi connectivity index (χ1n) is 5.59. The molecule has 0 bridgehead atoms. The maximum absolute atomic E-state index is 11.8. The van der Waals surface area contributed by atoms with Gasteiger partial charge in [0.15, 0.2) is 12.1 Å². The fraction of sp³-hybridized carbons (Fsp3) is 0.417. The summed E-state index contributed by atoms with van der Waals surface area (Å²) in [6.07, 6.45) is -0.679. The van der Waals surface area contributed by atoms with E-state index in [9.17, 15) is 13.2 Å². The smallest absolute Gasteiger partial charge is 0.219 e. The van der Waals surface area contributed by atoms with Crippen LogP contribution in [0.25, 0.3) is 0 Å². The highest BCUT2D eigenvalue weighted by Gasteiger charge is 2.19. The van der Waals surface area contributed by atoms with Gasteiger partial charge in [0.05, 0.1) is 6.54 Å². The predicted molar refractivity (Wildman–Crippen MR) is 70.4 cm³/mol. The van der Waals surface area contributed by atoms with Crippen molar-refractivity contribution >= 4 is 15.8 Å². The van der Waals surface area contributed by atoms with Crippen molar-refractivity contribution in [2.45, 2.75) is 6.29 Å². The van der Waals surface area contributed by atoms with E-state index in [1.165, 1.54) is 14.2 Å². The van der Waals surface area contributed by atoms with E-state index in [1.54, 1.807) is 30.3 Å². The van der Waals surface area contributed by atoms with Gasteiger partial charge in [-0.3, -0.25) is 4.79 Å². The van der Waals surface area contributed by atoms with Crippen LogP contribution in [0, 0.1) is 0 Å². The van der Waals surface area contributed by atoms with Crippen molar-refractivity contribution in [3.63, 3.8) is 0 Å². The summed E-state index contributed by atoms with van der Waals surface area (Å²) in [5.74, 6) is -1.06. The van der Waals surface area contributed by atoms with Gasteiger partial charge in [-0.1, -0.05) is 30.3 Å². The molecule has 1 rings (SSSR count). The molecule has 0 radical (unpaired) electrons. The third kappa shape index (κ3) is 5.48. The maximum Gasteiger partial charge on any atom is 0.219 e. The Morgan fingerprint density at radius 2 is 1.79 bits per heavy atom. The summed E-state index contributed by atoms with van der Waals surface area (Å²) < 4.78 is 35.4. The van der Waals surface area contributed by atoms with Gasteiger partial charge in [0, 0.05) is 19.8 Å². The molecule has 0 fully saturated rings. The van der Waals surface area contributed by atoms with Crippen LogP contribution in [0.1, 0.15) is 10.4 Å². The quantitative estimate of drug-likeness (QED) is 0.553. The number of methoxy groups -OCH3 is 2. The molecule has 0 heterocycles. The average molecular weight is 287 g/mol. The molecule has 7 heteroatoms. The second-order valence-corrected chi connectivity index (χ2v) is 5.60. The van der Waals surface area contributed by atoms with Crippen LogP contribution in [0.15, 0.2) is 30.3 Å². The largest absolute Gasteiger partial charge is 0.355 e. The highest BCUT2D eigenvalue weighted by molar-refractivity contribution is 7.90. The minimum Gasteiger partial charge on any atom is -0.355 e. The van der Waals surface area contributed by atoms with Gasteiger partial charge in [-0.15, -0.1) is 0 Å². The lowest BCUT2D eigenvalue weighted by atomic mass is 10.2. The number of benzene rings is 1. The van der Waals surface area contributed by atoms with E-state index < -0.39 is 27.8 Å². The van der Waals surface area contributed by atoms with Gasteiger partial charge >= 0.3 is 0 Å². The normalized spacial score (nSPS) is 11.7. The molecule has 0 aliphatic rings. The Morgan fingerprint density at radius 3 is 2.32 bits per heavy atom. The number of carbonyl (C=O) groups excluding carboxylic acids is 1. The summed E-state index contributed by atoms with van der Waals surface area (Å²) in [4.78, 5) is 11.8. The van der Waals surface area contributed by atoms with E-state index in [-0.39, 0.29) is 6.54 Å². The minimum absolute atomic E-state index is 0.0442. The van der Waals surface area contributed by atoms with Crippen molar-refractivity contribution in [1.29, 1.82) is 0 Å². The topological polar surface area (TPSA) is 81.7 Å². The van der Waals surface area contributed by atoms with Gasteiger partial charge in [0.1, 0.15) is 5.75 Å². The Bertz CT molecular complexity index is 496. The molecule has 0 saturated carbocycles. The molecular formula is C12H17NO5S. The summed E-state index contributed by atoms with van der Waals surface area (Å²) in [6, 6.07) is 8.26. The molecule has 0 amide bonds. The Kier molecular flexibility index (Phi) is 6.10.